The molecular formula is C13H16N2S. The maximum atomic E-state index is 4.57. The van der Waals surface area contributed by atoms with Gasteiger partial charge < -0.3 is 4.40 Å². The van der Waals surface area contributed by atoms with Crippen molar-refractivity contribution in [1.29, 1.82) is 0 Å². The number of fused-ring (bicyclic) bond motifs is 1. The SMILES string of the molecule is Cc1cccc2cnc(CC3CCSC3)n12. The topological polar surface area (TPSA) is 17.3 Å². The monoisotopic (exact) mass is 232 g/mol. The lowest BCUT2D eigenvalue weighted by Gasteiger charge is -2.08. The molecule has 2 nitrogen and oxygen atoms in total. The minimum Gasteiger partial charge on any atom is -0.301 e. The molecule has 0 N–H and O–H groups in total. The quantitative estimate of drug-likeness (QED) is 0.792. The summed E-state index contributed by atoms with van der Waals surface area (Å²) >= 11 is 2.08. The predicted molar refractivity (Wildman–Crippen MR) is 69.1 cm³/mol. The summed E-state index contributed by atoms with van der Waals surface area (Å²) in [4.78, 5) is 4.57. The third-order valence-corrected chi connectivity index (χ3v) is 4.55. The number of aryl methyl sites for hydroxylation is 1. The molecule has 1 fully saturated rings. The fourth-order valence-electron chi connectivity index (χ4n) is 2.44. The highest BCUT2D eigenvalue weighted by molar-refractivity contribution is 7.99. The number of nitrogens with zero attached hydrogens (tertiary/aromatic N) is 2. The highest BCUT2D eigenvalue weighted by Gasteiger charge is 2.18. The molecular weight excluding hydrogens is 216 g/mol. The zero-order chi connectivity index (χ0) is 11.0. The van der Waals surface area contributed by atoms with E-state index in [-0.39, 0.29) is 0 Å². The number of pyridine rings is 1. The lowest BCUT2D eigenvalue weighted by atomic mass is 10.1. The predicted octanol–water partition coefficient (Wildman–Crippen LogP) is 2.94. The highest BCUT2D eigenvalue weighted by Crippen LogP contribution is 2.26. The van der Waals surface area contributed by atoms with E-state index in [2.05, 4.69) is 46.3 Å². The van der Waals surface area contributed by atoms with Crippen LogP contribution in [-0.2, 0) is 6.42 Å². The standard InChI is InChI=1S/C13H16N2S/c1-10-3-2-4-12-8-14-13(15(10)12)7-11-5-6-16-9-11/h2-4,8,11H,5-7,9H2,1H3. The Morgan fingerprint density at radius 2 is 2.44 bits per heavy atom. The van der Waals surface area contributed by atoms with Gasteiger partial charge in [0.05, 0.1) is 11.7 Å². The number of thioether (sulfide) groups is 1. The smallest absolute Gasteiger partial charge is 0.113 e. The molecule has 1 unspecified atom stereocenters. The van der Waals surface area contributed by atoms with Gasteiger partial charge >= 0.3 is 0 Å². The molecule has 2 aromatic rings. The highest BCUT2D eigenvalue weighted by atomic mass is 32.2. The zero-order valence-corrected chi connectivity index (χ0v) is 10.3. The normalized spacial score (nSPS) is 20.7. The molecule has 0 spiro atoms. The Balaban J connectivity index is 1.97. The number of hydrogen-bond acceptors (Lipinski definition) is 2. The maximum Gasteiger partial charge on any atom is 0.113 e. The van der Waals surface area contributed by atoms with Crippen molar-refractivity contribution in [3.63, 3.8) is 0 Å². The van der Waals surface area contributed by atoms with E-state index in [9.17, 15) is 0 Å². The Bertz CT molecular complexity index is 498. The minimum absolute atomic E-state index is 0.829. The third-order valence-electron chi connectivity index (χ3n) is 3.31. The van der Waals surface area contributed by atoms with Crippen molar-refractivity contribution >= 4 is 17.3 Å². The summed E-state index contributed by atoms with van der Waals surface area (Å²) < 4.78 is 2.29. The van der Waals surface area contributed by atoms with Crippen molar-refractivity contribution in [2.45, 2.75) is 19.8 Å². The molecule has 3 rings (SSSR count). The molecule has 1 aliphatic heterocycles. The largest absolute Gasteiger partial charge is 0.301 e. The molecule has 0 saturated carbocycles. The van der Waals surface area contributed by atoms with Crippen LogP contribution in [0.15, 0.2) is 24.4 Å². The van der Waals surface area contributed by atoms with Crippen molar-refractivity contribution in [3.05, 3.63) is 35.9 Å². The Morgan fingerprint density at radius 1 is 1.50 bits per heavy atom. The summed E-state index contributed by atoms with van der Waals surface area (Å²) in [6.07, 6.45) is 4.47. The van der Waals surface area contributed by atoms with Crippen molar-refractivity contribution in [2.24, 2.45) is 5.92 Å². The lowest BCUT2D eigenvalue weighted by molar-refractivity contribution is 0.573. The molecule has 84 valence electrons. The molecule has 2 aromatic heterocycles. The molecule has 1 aliphatic rings. The van der Waals surface area contributed by atoms with E-state index >= 15 is 0 Å². The molecule has 0 radical (unpaired) electrons. The van der Waals surface area contributed by atoms with Crippen LogP contribution < -0.4 is 0 Å². The summed E-state index contributed by atoms with van der Waals surface area (Å²) in [5, 5.41) is 0. The van der Waals surface area contributed by atoms with Gasteiger partial charge in [-0.15, -0.1) is 0 Å². The summed E-state index contributed by atoms with van der Waals surface area (Å²) in [5.74, 6) is 4.70. The lowest BCUT2D eigenvalue weighted by Crippen LogP contribution is -2.07. The molecule has 0 bridgehead atoms. The van der Waals surface area contributed by atoms with Crippen LogP contribution in [0.3, 0.4) is 0 Å². The summed E-state index contributed by atoms with van der Waals surface area (Å²) in [6, 6.07) is 6.38. The van der Waals surface area contributed by atoms with Crippen LogP contribution in [0, 0.1) is 12.8 Å². The van der Waals surface area contributed by atoms with E-state index < -0.39 is 0 Å². The fraction of sp³-hybridized carbons (Fsp3) is 0.462. The van der Waals surface area contributed by atoms with Crippen molar-refractivity contribution in [2.75, 3.05) is 11.5 Å². The van der Waals surface area contributed by atoms with Crippen molar-refractivity contribution < 1.29 is 0 Å². The van der Waals surface area contributed by atoms with Crippen LogP contribution in [0.25, 0.3) is 5.52 Å². The van der Waals surface area contributed by atoms with Gasteiger partial charge in [-0.05, 0) is 42.9 Å². The zero-order valence-electron chi connectivity index (χ0n) is 9.52. The second-order valence-corrected chi connectivity index (χ2v) is 5.69. The van der Waals surface area contributed by atoms with Crippen LogP contribution in [0.1, 0.15) is 17.9 Å². The van der Waals surface area contributed by atoms with E-state index in [0.717, 1.165) is 12.3 Å². The molecule has 3 heteroatoms. The molecule has 1 atom stereocenters. The number of hydrogen-bond donors (Lipinski definition) is 0. The van der Waals surface area contributed by atoms with Gasteiger partial charge in [-0.2, -0.15) is 11.8 Å². The molecule has 0 aliphatic carbocycles. The van der Waals surface area contributed by atoms with Crippen molar-refractivity contribution in [1.82, 2.24) is 9.38 Å². The van der Waals surface area contributed by atoms with Gasteiger partial charge in [-0.25, -0.2) is 4.98 Å². The summed E-state index contributed by atoms with van der Waals surface area (Å²) in [5.41, 5.74) is 2.51. The van der Waals surface area contributed by atoms with Gasteiger partial charge in [-0.1, -0.05) is 6.07 Å². The number of rotatable bonds is 2. The fourth-order valence-corrected chi connectivity index (χ4v) is 3.72. The van der Waals surface area contributed by atoms with E-state index in [4.69, 9.17) is 0 Å². The van der Waals surface area contributed by atoms with E-state index in [1.807, 2.05) is 6.20 Å². The van der Waals surface area contributed by atoms with Gasteiger partial charge in [0, 0.05) is 12.1 Å². The van der Waals surface area contributed by atoms with Crippen LogP contribution in [0.5, 0.6) is 0 Å². The van der Waals surface area contributed by atoms with E-state index in [1.54, 1.807) is 0 Å². The Hall–Kier alpha value is -0.960. The van der Waals surface area contributed by atoms with Crippen LogP contribution >= 0.6 is 11.8 Å². The number of imidazole rings is 1. The van der Waals surface area contributed by atoms with E-state index in [1.165, 1.54) is 35.0 Å². The number of aromatic nitrogens is 2. The van der Waals surface area contributed by atoms with Gasteiger partial charge in [-0.3, -0.25) is 0 Å². The van der Waals surface area contributed by atoms with Gasteiger partial charge in [0.2, 0.25) is 0 Å². The molecule has 1 saturated heterocycles. The molecule has 0 amide bonds. The summed E-state index contributed by atoms with van der Waals surface area (Å²) in [7, 11) is 0. The van der Waals surface area contributed by atoms with Crippen LogP contribution in [-0.4, -0.2) is 20.9 Å². The first-order chi connectivity index (χ1) is 7.84. The van der Waals surface area contributed by atoms with Gasteiger partial charge in [0.15, 0.2) is 0 Å². The molecule has 0 aromatic carbocycles. The third kappa shape index (κ3) is 1.73. The first-order valence-corrected chi connectivity index (χ1v) is 7.00. The van der Waals surface area contributed by atoms with Crippen molar-refractivity contribution in [3.8, 4) is 0 Å². The molecule has 16 heavy (non-hydrogen) atoms. The van der Waals surface area contributed by atoms with Gasteiger partial charge in [0.25, 0.3) is 0 Å². The van der Waals surface area contributed by atoms with Crippen LogP contribution in [0.4, 0.5) is 0 Å². The average molecular weight is 232 g/mol. The minimum atomic E-state index is 0.829. The Kier molecular flexibility index (Phi) is 2.64. The first kappa shape index (κ1) is 10.2. The Labute approximate surface area is 100 Å². The Morgan fingerprint density at radius 3 is 3.25 bits per heavy atom. The first-order valence-electron chi connectivity index (χ1n) is 5.84. The average Bonchev–Trinajstić information content (AvgIpc) is 2.90. The maximum absolute atomic E-state index is 4.57. The summed E-state index contributed by atoms with van der Waals surface area (Å²) in [6.45, 7) is 2.15. The van der Waals surface area contributed by atoms with Gasteiger partial charge in [0.1, 0.15) is 5.82 Å². The van der Waals surface area contributed by atoms with E-state index in [0.29, 0.717) is 0 Å². The second kappa shape index (κ2) is 4.13. The van der Waals surface area contributed by atoms with Crippen LogP contribution in [0.2, 0.25) is 0 Å². The molecule has 3 heterocycles. The second-order valence-electron chi connectivity index (χ2n) is 4.54.